The first-order chi connectivity index (χ1) is 56.0. The Morgan fingerprint density at radius 1 is 0.292 bits per heavy atom. The van der Waals surface area contributed by atoms with Gasteiger partial charge in [0.1, 0.15) is 90.6 Å². The number of primary amides is 2. The maximum absolute atomic E-state index is 14.4. The maximum atomic E-state index is 14.4. The topological polar surface area (TPSA) is 816 Å². The van der Waals surface area contributed by atoms with Gasteiger partial charge in [-0.1, -0.05) is 41.5 Å². The first-order valence-corrected chi connectivity index (χ1v) is 39.1. The first kappa shape index (κ1) is 109. The molecule has 0 aliphatic heterocycles. The van der Waals surface area contributed by atoms with E-state index in [1.165, 1.54) is 34.6 Å². The zero-order chi connectivity index (χ0) is 92.1. The number of amides is 17. The number of rotatable bonds is 61. The van der Waals surface area contributed by atoms with Crippen molar-refractivity contribution in [1.82, 2.24) is 79.8 Å². The van der Waals surface area contributed by atoms with E-state index in [1.54, 1.807) is 13.8 Å². The molecule has 33 N–H and O–H groups in total. The minimum absolute atomic E-state index is 0.0999. The van der Waals surface area contributed by atoms with Crippen LogP contribution >= 0.6 is 0 Å². The second-order valence-electron chi connectivity index (χ2n) is 29.8. The van der Waals surface area contributed by atoms with Crippen LogP contribution in [0.1, 0.15) is 178 Å². The van der Waals surface area contributed by atoms with Crippen LogP contribution in [-0.4, -0.2) is 284 Å². The van der Waals surface area contributed by atoms with Crippen molar-refractivity contribution in [1.29, 1.82) is 0 Å². The summed E-state index contributed by atoms with van der Waals surface area (Å²) in [7, 11) is 0. The molecule has 0 fully saturated rings. The normalized spacial score (nSPS) is 15.4. The van der Waals surface area contributed by atoms with Gasteiger partial charge < -0.3 is 145 Å². The van der Waals surface area contributed by atoms with Gasteiger partial charge >= 0.3 is 23.9 Å². The van der Waals surface area contributed by atoms with E-state index in [0.717, 1.165) is 20.8 Å². The molecule has 17 amide bonds. The molecule has 0 aromatic carbocycles. The third kappa shape index (κ3) is 42.3. The standard InChI is InChI=1S/C72H125N21O27/c1-32(2)27-44(65(112)93-56(38(10)95)71(118)84-41(18-12-15-25-74)62(109)80-36(8)57(104)82-42(19-13-16-26-75)63(110)90-48(31-94)68(115)85-43(72(119)120)21-22-49(77)96)88-69(116)54(33(3)4)91-66(113)45(28-50(78)97)89-70(117)55(34(5)6)92-67(114)47(30-53(102)103)87-59(106)37(9)81-61(108)40(17-11-14-24-73)83-64(111)46(29-52(100)101)86-58(105)35(7)79-60(107)39(76)20-23-51(98)99/h32-48,54-56,94-95H,11-31,73-76H2,1-10H3,(H2,77,96)(H2,78,97)(H,79,107)(H,80,109)(H,81,108)(H,82,104)(H,83,111)(H,84,118)(H,85,115)(H,86,105)(H,87,106)(H,88,116)(H,89,117)(H,90,110)(H,91,113)(H,92,114)(H,93,112)(H,98,99)(H,100,101)(H,102,103)(H,119,120)/t35-,36-,37-,38+,39-,40-,41-,42-,43-,44-,45-,46-,47-,48-,54-,55-,56-/m0/s1. The average Bonchev–Trinajstić information content (AvgIpc) is 0.892. The SMILES string of the molecule is CC(C)C[C@H](NC(=O)[C@@H](NC(=O)[C@H](CC(N)=O)NC(=O)[C@@H](NC(=O)[C@H](CC(=O)O)NC(=O)[C@H](C)NC(=O)[C@H](CCCCN)NC(=O)[C@H](CC(=O)O)NC(=O)[C@H](C)NC(=O)[C@@H](N)CCC(=O)O)C(C)C)C(C)C)C(=O)N[C@H](C(=O)N[C@@H](CCCCN)C(=O)N[C@@H](C)C(=O)N[C@@H](CCCCN)C(=O)N[C@@H](CO)C(=O)N[C@@H](CCC(N)=O)C(=O)O)[C@@H](C)O. The van der Waals surface area contributed by atoms with Crippen molar-refractivity contribution in [2.24, 2.45) is 52.2 Å². The van der Waals surface area contributed by atoms with E-state index in [2.05, 4.69) is 79.8 Å². The van der Waals surface area contributed by atoms with Crippen molar-refractivity contribution in [3.63, 3.8) is 0 Å². The second kappa shape index (κ2) is 56.1. The highest BCUT2D eigenvalue weighted by atomic mass is 16.4. The Kier molecular flexibility index (Phi) is 50.8. The van der Waals surface area contributed by atoms with E-state index in [1.807, 2.05) is 0 Å². The number of nitrogens with two attached hydrogens (primary N) is 6. The van der Waals surface area contributed by atoms with Gasteiger partial charge in [-0.3, -0.25) is 95.9 Å². The number of carboxylic acids is 4. The van der Waals surface area contributed by atoms with Gasteiger partial charge in [0.25, 0.3) is 0 Å². The third-order valence-electron chi connectivity index (χ3n) is 18.1. The smallest absolute Gasteiger partial charge is 0.326 e. The Morgan fingerprint density at radius 2 is 0.592 bits per heavy atom. The van der Waals surface area contributed by atoms with Crippen molar-refractivity contribution in [2.45, 2.75) is 281 Å². The minimum Gasteiger partial charge on any atom is -0.481 e. The summed E-state index contributed by atoms with van der Waals surface area (Å²) >= 11 is 0. The Bertz CT molecular complexity index is 3530. The monoisotopic (exact) mass is 1720 g/mol. The van der Waals surface area contributed by atoms with Gasteiger partial charge in [0.05, 0.1) is 38.0 Å². The molecule has 0 saturated heterocycles. The molecule has 0 bridgehead atoms. The van der Waals surface area contributed by atoms with Crippen molar-refractivity contribution in [3.8, 4) is 0 Å². The number of aliphatic hydroxyl groups excluding tert-OH is 2. The van der Waals surface area contributed by atoms with Crippen molar-refractivity contribution in [3.05, 3.63) is 0 Å². The van der Waals surface area contributed by atoms with Crippen LogP contribution in [0.2, 0.25) is 0 Å². The van der Waals surface area contributed by atoms with E-state index >= 15 is 0 Å². The number of nitrogens with one attached hydrogen (secondary N) is 15. The molecule has 680 valence electrons. The Morgan fingerprint density at radius 3 is 0.942 bits per heavy atom. The molecule has 48 nitrogen and oxygen atoms in total. The summed E-state index contributed by atoms with van der Waals surface area (Å²) in [6, 6.07) is -26.6. The molecule has 120 heavy (non-hydrogen) atoms. The summed E-state index contributed by atoms with van der Waals surface area (Å²) in [4.78, 5) is 277. The fraction of sp³-hybridized carbons (Fsp3) is 0.708. The van der Waals surface area contributed by atoms with Crippen LogP contribution in [-0.2, 0) is 101 Å². The van der Waals surface area contributed by atoms with E-state index in [4.69, 9.17) is 39.5 Å². The van der Waals surface area contributed by atoms with Crippen LogP contribution in [0.3, 0.4) is 0 Å². The summed E-state index contributed by atoms with van der Waals surface area (Å²) in [5, 5.41) is 93.7. The quantitative estimate of drug-likeness (QED) is 0.0251. The first-order valence-electron chi connectivity index (χ1n) is 39.1. The summed E-state index contributed by atoms with van der Waals surface area (Å²) in [5.74, 6) is -27.2. The predicted octanol–water partition coefficient (Wildman–Crippen LogP) is -10.2. The van der Waals surface area contributed by atoms with E-state index < -0.39 is 290 Å². The fourth-order valence-corrected chi connectivity index (χ4v) is 11.2. The van der Waals surface area contributed by atoms with Crippen LogP contribution in [0.4, 0.5) is 0 Å². The van der Waals surface area contributed by atoms with Crippen LogP contribution in [0.5, 0.6) is 0 Å². The van der Waals surface area contributed by atoms with E-state index in [-0.39, 0.29) is 77.4 Å². The number of hydrogen-bond donors (Lipinski definition) is 27. The van der Waals surface area contributed by atoms with Gasteiger partial charge in [0.2, 0.25) is 100 Å². The number of carbonyl (C=O) groups excluding carboxylic acids is 17. The van der Waals surface area contributed by atoms with E-state index in [0.29, 0.717) is 12.8 Å². The number of carboxylic acid groups (broad SMARTS) is 4. The van der Waals surface area contributed by atoms with Crippen LogP contribution in [0.25, 0.3) is 0 Å². The molecule has 0 aliphatic rings. The van der Waals surface area contributed by atoms with Gasteiger partial charge in [0, 0.05) is 12.8 Å². The molecule has 48 heteroatoms. The predicted molar refractivity (Wildman–Crippen MR) is 422 cm³/mol. The highest BCUT2D eigenvalue weighted by molar-refractivity contribution is 6.02. The van der Waals surface area contributed by atoms with Crippen molar-refractivity contribution < 1.29 is 131 Å². The molecule has 0 aromatic rings. The van der Waals surface area contributed by atoms with Crippen molar-refractivity contribution >= 4 is 124 Å². The average molecular weight is 1720 g/mol. The molecule has 0 aliphatic carbocycles. The summed E-state index contributed by atoms with van der Waals surface area (Å²) in [5.41, 5.74) is 33.3. The molecular weight excluding hydrogens is 1590 g/mol. The largest absolute Gasteiger partial charge is 0.481 e. The molecule has 0 aromatic heterocycles. The van der Waals surface area contributed by atoms with Gasteiger partial charge in [-0.2, -0.15) is 0 Å². The summed E-state index contributed by atoms with van der Waals surface area (Å²) < 4.78 is 0. The Balaban J connectivity index is 6.78. The zero-order valence-electron chi connectivity index (χ0n) is 69.1. The summed E-state index contributed by atoms with van der Waals surface area (Å²) in [6.07, 6.45) is -5.70. The van der Waals surface area contributed by atoms with Gasteiger partial charge in [-0.05, 0) is 142 Å². The van der Waals surface area contributed by atoms with Gasteiger partial charge in [-0.15, -0.1) is 0 Å². The van der Waals surface area contributed by atoms with E-state index in [9.17, 15) is 126 Å². The molecule has 17 atom stereocenters. The zero-order valence-corrected chi connectivity index (χ0v) is 69.1. The molecule has 0 heterocycles. The van der Waals surface area contributed by atoms with Gasteiger partial charge in [-0.25, -0.2) is 4.79 Å². The lowest BCUT2D eigenvalue weighted by molar-refractivity contribution is -0.143. The highest BCUT2D eigenvalue weighted by Crippen LogP contribution is 2.14. The van der Waals surface area contributed by atoms with Crippen LogP contribution in [0.15, 0.2) is 0 Å². The van der Waals surface area contributed by atoms with Crippen molar-refractivity contribution in [2.75, 3.05) is 26.2 Å². The van der Waals surface area contributed by atoms with Gasteiger partial charge in [0.15, 0.2) is 0 Å². The fourth-order valence-electron chi connectivity index (χ4n) is 11.2. The third-order valence-corrected chi connectivity index (χ3v) is 18.1. The maximum Gasteiger partial charge on any atom is 0.326 e. The molecule has 0 rings (SSSR count). The number of aliphatic carboxylic acids is 4. The van der Waals surface area contributed by atoms with Crippen LogP contribution < -0.4 is 114 Å². The highest BCUT2D eigenvalue weighted by Gasteiger charge is 2.40. The lowest BCUT2D eigenvalue weighted by Crippen LogP contribution is -2.63. The Labute approximate surface area is 692 Å². The lowest BCUT2D eigenvalue weighted by atomic mass is 9.98. The number of aliphatic hydroxyl groups is 2. The molecule has 0 saturated carbocycles. The Hall–Kier alpha value is -11.4. The van der Waals surface area contributed by atoms with Crippen LogP contribution in [0, 0.1) is 17.8 Å². The number of hydrogen-bond acceptors (Lipinski definition) is 27. The summed E-state index contributed by atoms with van der Waals surface area (Å²) in [6.45, 7) is 12.9. The molecule has 0 unspecified atom stereocenters. The number of unbranched alkanes of at least 4 members (excludes halogenated alkanes) is 3. The molecular formula is C72H125N21O27. The number of carbonyl (C=O) groups is 21. The minimum atomic E-state index is -2.04. The lowest BCUT2D eigenvalue weighted by Gasteiger charge is -2.30. The molecule has 0 spiro atoms. The second-order valence-corrected chi connectivity index (χ2v) is 29.8. The molecule has 0 radical (unpaired) electrons.